The Balaban J connectivity index is 1.81. The predicted molar refractivity (Wildman–Crippen MR) is 101 cm³/mol. The lowest BCUT2D eigenvalue weighted by Crippen LogP contribution is -2.26. The number of nitrogens with one attached hydrogen (secondary N) is 1. The SMILES string of the molecule is Cc1cnc(C#Cc2cc(C(=O)Nc3cc(F)c(=O)n(CC(F)F)c3)sc2Cl)o1. The quantitative estimate of drug-likeness (QED) is 0.623. The minimum absolute atomic E-state index is 0.148. The first-order valence-corrected chi connectivity index (χ1v) is 9.15. The first-order chi connectivity index (χ1) is 13.7. The van der Waals surface area contributed by atoms with E-state index in [9.17, 15) is 22.8 Å². The molecule has 0 aliphatic rings. The summed E-state index contributed by atoms with van der Waals surface area (Å²) in [6.07, 6.45) is -0.413. The highest BCUT2D eigenvalue weighted by molar-refractivity contribution is 7.18. The summed E-state index contributed by atoms with van der Waals surface area (Å²) in [5.41, 5.74) is -1.01. The molecule has 0 saturated carbocycles. The van der Waals surface area contributed by atoms with Gasteiger partial charge in [0.05, 0.1) is 28.9 Å². The zero-order valence-electron chi connectivity index (χ0n) is 14.6. The number of hydrogen-bond acceptors (Lipinski definition) is 5. The van der Waals surface area contributed by atoms with Crippen LogP contribution in [0.5, 0.6) is 0 Å². The number of pyridine rings is 1. The van der Waals surface area contributed by atoms with Crippen LogP contribution in [-0.4, -0.2) is 21.9 Å². The van der Waals surface area contributed by atoms with Crippen molar-refractivity contribution in [3.8, 4) is 11.8 Å². The Morgan fingerprint density at radius 2 is 2.17 bits per heavy atom. The first kappa shape index (κ1) is 20.7. The summed E-state index contributed by atoms with van der Waals surface area (Å²) in [4.78, 5) is 28.0. The van der Waals surface area contributed by atoms with Crippen LogP contribution in [0.15, 0.2) is 33.7 Å². The van der Waals surface area contributed by atoms with Crippen LogP contribution in [0.3, 0.4) is 0 Å². The third kappa shape index (κ3) is 5.07. The normalized spacial score (nSPS) is 10.7. The Morgan fingerprint density at radius 3 is 2.83 bits per heavy atom. The van der Waals surface area contributed by atoms with Crippen LogP contribution >= 0.6 is 22.9 Å². The predicted octanol–water partition coefficient (Wildman–Crippen LogP) is 3.92. The number of nitrogens with zero attached hydrogens (tertiary/aromatic N) is 2. The van der Waals surface area contributed by atoms with Crippen LogP contribution in [0.1, 0.15) is 26.9 Å². The van der Waals surface area contributed by atoms with Gasteiger partial charge in [0.25, 0.3) is 23.8 Å². The van der Waals surface area contributed by atoms with Crippen molar-refractivity contribution in [2.75, 3.05) is 5.32 Å². The number of aromatic nitrogens is 2. The van der Waals surface area contributed by atoms with E-state index in [0.29, 0.717) is 15.9 Å². The zero-order chi connectivity index (χ0) is 21.1. The molecule has 0 unspecified atom stereocenters. The highest BCUT2D eigenvalue weighted by atomic mass is 35.5. The number of halogens is 4. The molecular formula is C18H11ClF3N3O3S. The number of thiophene rings is 1. The van der Waals surface area contributed by atoms with Gasteiger partial charge in [0.1, 0.15) is 10.1 Å². The monoisotopic (exact) mass is 441 g/mol. The lowest BCUT2D eigenvalue weighted by Gasteiger charge is -2.09. The molecule has 3 heterocycles. The second-order valence-electron chi connectivity index (χ2n) is 5.70. The van der Waals surface area contributed by atoms with Crippen molar-refractivity contribution in [3.63, 3.8) is 0 Å². The van der Waals surface area contributed by atoms with Gasteiger partial charge in [0.15, 0.2) is 5.82 Å². The summed E-state index contributed by atoms with van der Waals surface area (Å²) >= 11 is 7.01. The van der Waals surface area contributed by atoms with Crippen LogP contribution in [0.25, 0.3) is 0 Å². The summed E-state index contributed by atoms with van der Waals surface area (Å²) in [5.74, 6) is 4.25. The third-order valence-electron chi connectivity index (χ3n) is 3.47. The maximum atomic E-state index is 13.7. The van der Waals surface area contributed by atoms with Gasteiger partial charge in [0.2, 0.25) is 0 Å². The zero-order valence-corrected chi connectivity index (χ0v) is 16.2. The van der Waals surface area contributed by atoms with Crippen LogP contribution in [0, 0.1) is 24.6 Å². The Labute approximate surface area is 170 Å². The van der Waals surface area contributed by atoms with Gasteiger partial charge in [0, 0.05) is 12.3 Å². The number of aryl methyl sites for hydroxylation is 1. The van der Waals surface area contributed by atoms with Crippen LogP contribution in [0.4, 0.5) is 18.9 Å². The van der Waals surface area contributed by atoms with Gasteiger partial charge in [-0.1, -0.05) is 17.5 Å². The Kier molecular flexibility index (Phi) is 6.10. The molecule has 11 heteroatoms. The number of rotatable bonds is 4. The van der Waals surface area contributed by atoms with Crippen molar-refractivity contribution >= 4 is 34.5 Å². The minimum Gasteiger partial charge on any atom is -0.435 e. The van der Waals surface area contributed by atoms with E-state index in [2.05, 4.69) is 22.1 Å². The van der Waals surface area contributed by atoms with Gasteiger partial charge in [-0.2, -0.15) is 0 Å². The highest BCUT2D eigenvalue weighted by Gasteiger charge is 2.16. The average Bonchev–Trinajstić information content (AvgIpc) is 3.22. The molecule has 0 aliphatic carbocycles. The molecule has 0 saturated heterocycles. The maximum absolute atomic E-state index is 13.7. The molecule has 0 radical (unpaired) electrons. The molecule has 150 valence electrons. The lowest BCUT2D eigenvalue weighted by molar-refractivity contribution is 0.103. The van der Waals surface area contributed by atoms with Gasteiger partial charge >= 0.3 is 0 Å². The Hall–Kier alpha value is -3.03. The van der Waals surface area contributed by atoms with Gasteiger partial charge in [-0.05, 0) is 18.9 Å². The molecule has 0 bridgehead atoms. The van der Waals surface area contributed by atoms with E-state index in [-0.39, 0.29) is 20.8 Å². The van der Waals surface area contributed by atoms with Gasteiger partial charge < -0.3 is 14.3 Å². The standard InChI is InChI=1S/C18H11ClF3N3O3S/c1-9-6-23-15(28-9)3-2-10-4-13(29-16(10)19)17(26)24-11-5-12(20)18(27)25(7-11)8-14(21)22/h4-7,14H,8H2,1H3,(H,24,26). The average molecular weight is 442 g/mol. The van der Waals surface area contributed by atoms with Gasteiger partial charge in [-0.3, -0.25) is 9.59 Å². The summed E-state index contributed by atoms with van der Waals surface area (Å²) in [6, 6.07) is 2.17. The summed E-state index contributed by atoms with van der Waals surface area (Å²) in [6.45, 7) is 0.718. The molecular weight excluding hydrogens is 431 g/mol. The van der Waals surface area contributed by atoms with Crippen molar-refractivity contribution in [2.24, 2.45) is 0 Å². The molecule has 6 nitrogen and oxygen atoms in total. The second-order valence-corrected chi connectivity index (χ2v) is 7.36. The van der Waals surface area contributed by atoms with E-state index in [1.54, 1.807) is 6.92 Å². The van der Waals surface area contributed by atoms with E-state index < -0.39 is 30.3 Å². The number of oxazole rings is 1. The molecule has 0 aromatic carbocycles. The lowest BCUT2D eigenvalue weighted by atomic mass is 10.3. The molecule has 0 aliphatic heterocycles. The highest BCUT2D eigenvalue weighted by Crippen LogP contribution is 2.28. The molecule has 3 aromatic rings. The number of amides is 1. The topological polar surface area (TPSA) is 77.1 Å². The van der Waals surface area contributed by atoms with E-state index in [0.717, 1.165) is 23.6 Å². The van der Waals surface area contributed by atoms with Gasteiger partial charge in [-0.15, -0.1) is 11.3 Å². The molecule has 1 N–H and O–H groups in total. The van der Waals surface area contributed by atoms with Crippen molar-refractivity contribution < 1.29 is 22.4 Å². The number of carbonyl (C=O) groups excluding carboxylic acids is 1. The summed E-state index contributed by atoms with van der Waals surface area (Å²) in [5, 5.41) is 2.35. The maximum Gasteiger partial charge on any atom is 0.286 e. The molecule has 0 spiro atoms. The third-order valence-corrected chi connectivity index (χ3v) is 4.83. The minimum atomic E-state index is -2.86. The van der Waals surface area contributed by atoms with Gasteiger partial charge in [-0.25, -0.2) is 18.2 Å². The van der Waals surface area contributed by atoms with E-state index in [4.69, 9.17) is 16.0 Å². The van der Waals surface area contributed by atoms with Crippen LogP contribution in [-0.2, 0) is 6.54 Å². The Bertz CT molecular complexity index is 1190. The summed E-state index contributed by atoms with van der Waals surface area (Å²) < 4.78 is 44.7. The Morgan fingerprint density at radius 1 is 1.41 bits per heavy atom. The number of hydrogen-bond donors (Lipinski definition) is 1. The molecule has 0 atom stereocenters. The van der Waals surface area contributed by atoms with Crippen molar-refractivity contribution in [1.82, 2.24) is 9.55 Å². The van der Waals surface area contributed by atoms with E-state index in [1.807, 2.05) is 0 Å². The molecule has 3 rings (SSSR count). The number of alkyl halides is 2. The molecule has 0 fully saturated rings. The molecule has 29 heavy (non-hydrogen) atoms. The molecule has 1 amide bonds. The number of carbonyl (C=O) groups is 1. The fourth-order valence-electron chi connectivity index (χ4n) is 2.24. The summed E-state index contributed by atoms with van der Waals surface area (Å²) in [7, 11) is 0. The first-order valence-electron chi connectivity index (χ1n) is 7.96. The largest absolute Gasteiger partial charge is 0.435 e. The fourth-order valence-corrected chi connectivity index (χ4v) is 3.33. The van der Waals surface area contributed by atoms with Crippen LogP contribution in [0.2, 0.25) is 4.34 Å². The fraction of sp³-hybridized carbons (Fsp3) is 0.167. The smallest absolute Gasteiger partial charge is 0.286 e. The van der Waals surface area contributed by atoms with Crippen molar-refractivity contribution in [3.05, 3.63) is 67.1 Å². The van der Waals surface area contributed by atoms with Crippen LogP contribution < -0.4 is 10.9 Å². The number of anilines is 1. The second kappa shape index (κ2) is 8.55. The van der Waals surface area contributed by atoms with Crippen molar-refractivity contribution in [1.29, 1.82) is 0 Å². The molecule has 3 aromatic heterocycles. The van der Waals surface area contributed by atoms with Crippen molar-refractivity contribution in [2.45, 2.75) is 19.9 Å². The van der Waals surface area contributed by atoms with E-state index in [1.165, 1.54) is 12.3 Å². The van der Waals surface area contributed by atoms with E-state index >= 15 is 0 Å².